The Morgan fingerprint density at radius 2 is 1.36 bits per heavy atom. The minimum absolute atomic E-state index is 0. The summed E-state index contributed by atoms with van der Waals surface area (Å²) in [6.07, 6.45) is 0. The Bertz CT molecular complexity index is 72.9. The third-order valence-electron chi connectivity index (χ3n) is 1.12. The van der Waals surface area contributed by atoms with E-state index in [4.69, 9.17) is 23.2 Å². The summed E-state index contributed by atoms with van der Waals surface area (Å²) in [5.41, 5.74) is 0. The highest BCUT2D eigenvalue weighted by Gasteiger charge is 2.06. The molecule has 0 radical (unpaired) electrons. The van der Waals surface area contributed by atoms with Gasteiger partial charge in [-0.15, -0.1) is 48.0 Å². The molecule has 72 valence electrons. The van der Waals surface area contributed by atoms with Crippen LogP contribution >= 0.6 is 48.0 Å². The second-order valence-corrected chi connectivity index (χ2v) is 2.88. The van der Waals surface area contributed by atoms with Crippen LogP contribution in [0.2, 0.25) is 0 Å². The number of halogens is 4. The van der Waals surface area contributed by atoms with Gasteiger partial charge in [-0.1, -0.05) is 0 Å². The van der Waals surface area contributed by atoms with Crippen LogP contribution < -0.4 is 0 Å². The van der Waals surface area contributed by atoms with Crippen LogP contribution in [-0.2, 0) is 0 Å². The first-order chi connectivity index (χ1) is 4.12. The summed E-state index contributed by atoms with van der Waals surface area (Å²) in [4.78, 5) is 0. The Kier molecular flexibility index (Phi) is 15.0. The van der Waals surface area contributed by atoms with E-state index in [2.05, 4.69) is 0 Å². The predicted octanol–water partition coefficient (Wildman–Crippen LogP) is 2.25. The van der Waals surface area contributed by atoms with Gasteiger partial charge in [0.05, 0.1) is 31.9 Å². The zero-order chi connectivity index (χ0) is 7.33. The minimum atomic E-state index is -0.326. The lowest BCUT2D eigenvalue weighted by Gasteiger charge is -2.37. The minimum Gasteiger partial charge on any atom is -0.633 e. The molecular formula is C5H13Cl4NO. The van der Waals surface area contributed by atoms with Gasteiger partial charge in [0.2, 0.25) is 0 Å². The molecule has 0 saturated heterocycles. The Morgan fingerprint density at radius 1 is 1.09 bits per heavy atom. The second-order valence-electron chi connectivity index (χ2n) is 2.12. The summed E-state index contributed by atoms with van der Waals surface area (Å²) in [7, 11) is 1.57. The fourth-order valence-corrected chi connectivity index (χ4v) is 1.18. The van der Waals surface area contributed by atoms with E-state index in [-0.39, 0.29) is 29.5 Å². The maximum absolute atomic E-state index is 11.1. The molecule has 0 N–H and O–H groups in total. The standard InChI is InChI=1S/C5H11Cl2NO.2ClH/c1-8(9,4-2-6)5-3-7;;/h2-5H2,1H3;2*1H. The normalized spacial score (nSPS) is 9.82. The third-order valence-corrected chi connectivity index (χ3v) is 1.45. The highest BCUT2D eigenvalue weighted by Crippen LogP contribution is 1.99. The van der Waals surface area contributed by atoms with Crippen molar-refractivity contribution in [2.45, 2.75) is 0 Å². The molecule has 6 heteroatoms. The third kappa shape index (κ3) is 11.1. The first kappa shape index (κ1) is 18.0. The maximum Gasteiger partial charge on any atom is 0.0919 e. The summed E-state index contributed by atoms with van der Waals surface area (Å²) in [5.74, 6) is 0.799. The molecule has 0 rings (SSSR count). The molecule has 0 heterocycles. The quantitative estimate of drug-likeness (QED) is 0.423. The number of nitrogens with zero attached hydrogens (tertiary/aromatic N) is 1. The molecule has 0 aromatic carbocycles. The van der Waals surface area contributed by atoms with Crippen molar-refractivity contribution in [3.63, 3.8) is 0 Å². The van der Waals surface area contributed by atoms with Gasteiger partial charge in [0, 0.05) is 0 Å². The zero-order valence-corrected chi connectivity index (χ0v) is 9.40. The van der Waals surface area contributed by atoms with Crippen molar-refractivity contribution < 1.29 is 4.65 Å². The maximum atomic E-state index is 11.1. The number of hydrogen-bond acceptors (Lipinski definition) is 1. The summed E-state index contributed by atoms with van der Waals surface area (Å²) in [5, 5.41) is 11.1. The van der Waals surface area contributed by atoms with E-state index in [9.17, 15) is 5.21 Å². The topological polar surface area (TPSA) is 23.1 Å². The molecule has 0 saturated carbocycles. The van der Waals surface area contributed by atoms with Gasteiger partial charge >= 0.3 is 0 Å². The van der Waals surface area contributed by atoms with Crippen molar-refractivity contribution in [3.8, 4) is 0 Å². The van der Waals surface area contributed by atoms with E-state index in [1.165, 1.54) is 0 Å². The molecular weight excluding hydrogens is 232 g/mol. The van der Waals surface area contributed by atoms with Crippen molar-refractivity contribution in [2.75, 3.05) is 31.9 Å². The van der Waals surface area contributed by atoms with E-state index < -0.39 is 0 Å². The average Bonchev–Trinajstić information content (AvgIpc) is 1.64. The van der Waals surface area contributed by atoms with Crippen molar-refractivity contribution in [1.29, 1.82) is 0 Å². The predicted molar refractivity (Wildman–Crippen MR) is 55.2 cm³/mol. The molecule has 0 aliphatic heterocycles. The molecule has 0 aliphatic rings. The van der Waals surface area contributed by atoms with Crippen LogP contribution in [0.15, 0.2) is 0 Å². The monoisotopic (exact) mass is 243 g/mol. The number of quaternary nitrogens is 1. The van der Waals surface area contributed by atoms with Crippen molar-refractivity contribution in [2.24, 2.45) is 0 Å². The van der Waals surface area contributed by atoms with Crippen LogP contribution in [0.3, 0.4) is 0 Å². The molecule has 0 unspecified atom stereocenters. The smallest absolute Gasteiger partial charge is 0.0919 e. The average molecular weight is 245 g/mol. The van der Waals surface area contributed by atoms with Gasteiger partial charge in [0.1, 0.15) is 0 Å². The van der Waals surface area contributed by atoms with Crippen molar-refractivity contribution in [1.82, 2.24) is 0 Å². The van der Waals surface area contributed by atoms with Crippen molar-refractivity contribution >= 4 is 48.0 Å². The van der Waals surface area contributed by atoms with Crippen LogP contribution in [0.4, 0.5) is 0 Å². The summed E-state index contributed by atoms with van der Waals surface area (Å²) in [6.45, 7) is 0.878. The molecule has 0 aliphatic carbocycles. The van der Waals surface area contributed by atoms with Gasteiger partial charge in [-0.2, -0.15) is 0 Å². The first-order valence-corrected chi connectivity index (χ1v) is 3.87. The second kappa shape index (κ2) is 9.17. The molecule has 2 nitrogen and oxygen atoms in total. The van der Waals surface area contributed by atoms with Gasteiger partial charge in [-0.3, -0.25) is 0 Å². The summed E-state index contributed by atoms with van der Waals surface area (Å²) < 4.78 is -0.326. The van der Waals surface area contributed by atoms with Crippen LogP contribution in [0.5, 0.6) is 0 Å². The van der Waals surface area contributed by atoms with Crippen LogP contribution in [0.25, 0.3) is 0 Å². The molecule has 0 spiro atoms. The van der Waals surface area contributed by atoms with E-state index in [1.54, 1.807) is 7.05 Å². The van der Waals surface area contributed by atoms with E-state index in [1.807, 2.05) is 0 Å². The van der Waals surface area contributed by atoms with Crippen LogP contribution in [0, 0.1) is 5.21 Å². The molecule has 0 aromatic heterocycles. The fourth-order valence-electron chi connectivity index (χ4n) is 0.469. The molecule has 11 heavy (non-hydrogen) atoms. The lowest BCUT2D eigenvalue weighted by molar-refractivity contribution is -0.855. The number of hydrogen-bond donors (Lipinski definition) is 0. The number of hydroxylamine groups is 3. The Balaban J connectivity index is -0.000000320. The molecule has 0 bridgehead atoms. The highest BCUT2D eigenvalue weighted by molar-refractivity contribution is 6.18. The molecule has 0 aromatic rings. The Hall–Kier alpha value is 1.08. The van der Waals surface area contributed by atoms with Gasteiger partial charge in [-0.25, -0.2) is 0 Å². The Morgan fingerprint density at radius 3 is 1.55 bits per heavy atom. The van der Waals surface area contributed by atoms with Gasteiger partial charge < -0.3 is 9.85 Å². The van der Waals surface area contributed by atoms with E-state index in [0.717, 1.165) is 0 Å². The van der Waals surface area contributed by atoms with Gasteiger partial charge in [-0.05, 0) is 0 Å². The van der Waals surface area contributed by atoms with Crippen molar-refractivity contribution in [3.05, 3.63) is 5.21 Å². The van der Waals surface area contributed by atoms with Crippen LogP contribution in [0.1, 0.15) is 0 Å². The van der Waals surface area contributed by atoms with E-state index >= 15 is 0 Å². The highest BCUT2D eigenvalue weighted by atomic mass is 35.5. The molecule has 0 atom stereocenters. The van der Waals surface area contributed by atoms with E-state index in [0.29, 0.717) is 24.8 Å². The van der Waals surface area contributed by atoms with Crippen LogP contribution in [-0.4, -0.2) is 36.5 Å². The fraction of sp³-hybridized carbons (Fsp3) is 1.00. The number of rotatable bonds is 4. The first-order valence-electron chi connectivity index (χ1n) is 2.80. The largest absolute Gasteiger partial charge is 0.633 e. The van der Waals surface area contributed by atoms with Gasteiger partial charge in [0.25, 0.3) is 0 Å². The lowest BCUT2D eigenvalue weighted by atomic mass is 10.5. The summed E-state index contributed by atoms with van der Waals surface area (Å²) in [6, 6.07) is 0. The number of alkyl halides is 2. The lowest BCUT2D eigenvalue weighted by Crippen LogP contribution is -2.40. The SMILES string of the molecule is C[N+]([O-])(CCCl)CCCl.Cl.Cl. The molecule has 0 fully saturated rings. The zero-order valence-electron chi connectivity index (χ0n) is 6.26. The molecule has 0 amide bonds. The Labute approximate surface area is 89.8 Å². The summed E-state index contributed by atoms with van der Waals surface area (Å²) >= 11 is 10.7. The van der Waals surface area contributed by atoms with Gasteiger partial charge in [0.15, 0.2) is 0 Å².